The number of anilines is 1. The van der Waals surface area contributed by atoms with Crippen LogP contribution in [0.15, 0.2) is 18.2 Å². The molecule has 92 valence electrons. The molecule has 0 bridgehead atoms. The lowest BCUT2D eigenvalue weighted by atomic mass is 9.85. The predicted octanol–water partition coefficient (Wildman–Crippen LogP) is 2.10. The van der Waals surface area contributed by atoms with E-state index in [1.807, 2.05) is 6.07 Å². The Morgan fingerprint density at radius 2 is 2.12 bits per heavy atom. The lowest BCUT2D eigenvalue weighted by Gasteiger charge is -2.24. The maximum atomic E-state index is 11.3. The summed E-state index contributed by atoms with van der Waals surface area (Å²) in [6.45, 7) is 5.03. The molecule has 2 rings (SSSR count). The minimum Gasteiger partial charge on any atom is -0.330 e. The topological polar surface area (TPSA) is 55.1 Å². The molecule has 0 saturated heterocycles. The monoisotopic (exact) mass is 232 g/mol. The average molecular weight is 232 g/mol. The molecule has 1 aromatic carbocycles. The lowest BCUT2D eigenvalue weighted by Crippen LogP contribution is -2.26. The second-order valence-corrected chi connectivity index (χ2v) is 5.58. The summed E-state index contributed by atoms with van der Waals surface area (Å²) in [7, 11) is 0. The Morgan fingerprint density at radius 3 is 2.82 bits per heavy atom. The summed E-state index contributed by atoms with van der Waals surface area (Å²) in [6, 6.07) is 6.29. The Balaban J connectivity index is 2.19. The fraction of sp³-hybridized carbons (Fsp3) is 0.500. The zero-order valence-corrected chi connectivity index (χ0v) is 10.5. The van der Waals surface area contributed by atoms with Crippen molar-refractivity contribution < 1.29 is 4.79 Å². The first-order valence-electron chi connectivity index (χ1n) is 6.12. The molecule has 0 aromatic heterocycles. The smallest absolute Gasteiger partial charge is 0.224 e. The number of nitrogens with one attached hydrogen (secondary N) is 1. The van der Waals surface area contributed by atoms with Crippen LogP contribution in [0.2, 0.25) is 0 Å². The number of fused-ring (bicyclic) bond motifs is 1. The Hall–Kier alpha value is -1.35. The second kappa shape index (κ2) is 4.49. The molecular formula is C14H20N2O. The van der Waals surface area contributed by atoms with Gasteiger partial charge in [0.15, 0.2) is 0 Å². The predicted molar refractivity (Wildman–Crippen MR) is 69.9 cm³/mol. The van der Waals surface area contributed by atoms with Gasteiger partial charge in [-0.2, -0.15) is 0 Å². The molecule has 1 amide bonds. The standard InChI is InChI=1S/C14H20N2O/c1-14(2,9-15)8-10-3-5-12-11(7-10)4-6-13(17)16-12/h3,5,7H,4,6,8-9,15H2,1-2H3,(H,16,17). The van der Waals surface area contributed by atoms with Crippen molar-refractivity contribution in [3.05, 3.63) is 29.3 Å². The van der Waals surface area contributed by atoms with Crippen LogP contribution in [0.4, 0.5) is 5.69 Å². The van der Waals surface area contributed by atoms with Crippen molar-refractivity contribution >= 4 is 11.6 Å². The number of carbonyl (C=O) groups is 1. The van der Waals surface area contributed by atoms with Crippen molar-refractivity contribution in [2.45, 2.75) is 33.1 Å². The molecular weight excluding hydrogens is 212 g/mol. The number of carbonyl (C=O) groups excluding carboxylic acids is 1. The lowest BCUT2D eigenvalue weighted by molar-refractivity contribution is -0.116. The highest BCUT2D eigenvalue weighted by Crippen LogP contribution is 2.27. The van der Waals surface area contributed by atoms with Crippen LogP contribution in [-0.4, -0.2) is 12.5 Å². The summed E-state index contributed by atoms with van der Waals surface area (Å²) in [6.07, 6.45) is 2.42. The van der Waals surface area contributed by atoms with E-state index in [9.17, 15) is 4.79 Å². The largest absolute Gasteiger partial charge is 0.330 e. The van der Waals surface area contributed by atoms with E-state index in [1.165, 1.54) is 11.1 Å². The van der Waals surface area contributed by atoms with Crippen molar-refractivity contribution in [1.82, 2.24) is 0 Å². The van der Waals surface area contributed by atoms with Crippen LogP contribution >= 0.6 is 0 Å². The highest BCUT2D eigenvalue weighted by Gasteiger charge is 2.19. The quantitative estimate of drug-likeness (QED) is 0.838. The van der Waals surface area contributed by atoms with Gasteiger partial charge in [0.1, 0.15) is 0 Å². The minimum absolute atomic E-state index is 0.118. The number of aryl methyl sites for hydroxylation is 1. The van der Waals surface area contributed by atoms with E-state index in [1.54, 1.807) is 0 Å². The van der Waals surface area contributed by atoms with Crippen molar-refractivity contribution in [2.75, 3.05) is 11.9 Å². The fourth-order valence-electron chi connectivity index (χ4n) is 2.17. The van der Waals surface area contributed by atoms with E-state index in [2.05, 4.69) is 31.3 Å². The number of amides is 1. The molecule has 1 heterocycles. The van der Waals surface area contributed by atoms with Crippen LogP contribution in [0, 0.1) is 5.41 Å². The first kappa shape index (κ1) is 12.1. The number of nitrogens with two attached hydrogens (primary N) is 1. The first-order chi connectivity index (χ1) is 8.00. The number of hydrogen-bond acceptors (Lipinski definition) is 2. The van der Waals surface area contributed by atoms with Gasteiger partial charge in [0.05, 0.1) is 0 Å². The van der Waals surface area contributed by atoms with Gasteiger partial charge in [-0.1, -0.05) is 26.0 Å². The maximum Gasteiger partial charge on any atom is 0.224 e. The van der Waals surface area contributed by atoms with Crippen LogP contribution in [0.5, 0.6) is 0 Å². The SMILES string of the molecule is CC(C)(CN)Cc1ccc2c(c1)CCC(=O)N2. The molecule has 1 aliphatic heterocycles. The van der Waals surface area contributed by atoms with Crippen LogP contribution in [0.25, 0.3) is 0 Å². The first-order valence-corrected chi connectivity index (χ1v) is 6.12. The molecule has 17 heavy (non-hydrogen) atoms. The molecule has 0 spiro atoms. The van der Waals surface area contributed by atoms with Crippen LogP contribution in [0.1, 0.15) is 31.4 Å². The summed E-state index contributed by atoms with van der Waals surface area (Å²) in [5.41, 5.74) is 9.40. The molecule has 0 saturated carbocycles. The number of benzene rings is 1. The summed E-state index contributed by atoms with van der Waals surface area (Å²) in [5, 5.41) is 2.90. The fourth-order valence-corrected chi connectivity index (χ4v) is 2.17. The van der Waals surface area contributed by atoms with Crippen molar-refractivity contribution in [1.29, 1.82) is 0 Å². The van der Waals surface area contributed by atoms with Crippen LogP contribution in [0.3, 0.4) is 0 Å². The molecule has 3 heteroatoms. The third-order valence-electron chi connectivity index (χ3n) is 3.30. The van der Waals surface area contributed by atoms with Crippen LogP contribution < -0.4 is 11.1 Å². The van der Waals surface area contributed by atoms with E-state index in [0.717, 1.165) is 18.5 Å². The molecule has 1 aromatic rings. The van der Waals surface area contributed by atoms with Crippen molar-refractivity contribution in [2.24, 2.45) is 11.1 Å². The van der Waals surface area contributed by atoms with Gasteiger partial charge in [-0.05, 0) is 42.0 Å². The molecule has 0 radical (unpaired) electrons. The number of hydrogen-bond donors (Lipinski definition) is 2. The normalized spacial score (nSPS) is 15.4. The summed E-state index contributed by atoms with van der Waals surface area (Å²) in [4.78, 5) is 11.3. The third kappa shape index (κ3) is 2.86. The minimum atomic E-state index is 0.118. The average Bonchev–Trinajstić information content (AvgIpc) is 2.29. The van der Waals surface area contributed by atoms with E-state index >= 15 is 0 Å². The summed E-state index contributed by atoms with van der Waals surface area (Å²) < 4.78 is 0. The van der Waals surface area contributed by atoms with E-state index in [-0.39, 0.29) is 11.3 Å². The maximum absolute atomic E-state index is 11.3. The molecule has 0 fully saturated rings. The van der Waals surface area contributed by atoms with Crippen molar-refractivity contribution in [3.63, 3.8) is 0 Å². The highest BCUT2D eigenvalue weighted by molar-refractivity contribution is 5.93. The molecule has 3 N–H and O–H groups in total. The number of rotatable bonds is 3. The molecule has 0 unspecified atom stereocenters. The van der Waals surface area contributed by atoms with Gasteiger partial charge in [0, 0.05) is 12.1 Å². The highest BCUT2D eigenvalue weighted by atomic mass is 16.1. The van der Waals surface area contributed by atoms with Gasteiger partial charge in [-0.15, -0.1) is 0 Å². The van der Waals surface area contributed by atoms with Gasteiger partial charge in [0.2, 0.25) is 5.91 Å². The molecule has 1 aliphatic rings. The van der Waals surface area contributed by atoms with Gasteiger partial charge in [0.25, 0.3) is 0 Å². The molecule has 0 atom stereocenters. The Labute approximate surface area is 102 Å². The third-order valence-corrected chi connectivity index (χ3v) is 3.30. The van der Waals surface area contributed by atoms with Gasteiger partial charge in [-0.3, -0.25) is 4.79 Å². The zero-order valence-electron chi connectivity index (χ0n) is 10.5. The summed E-state index contributed by atoms with van der Waals surface area (Å²) in [5.74, 6) is 0.118. The van der Waals surface area contributed by atoms with Gasteiger partial charge >= 0.3 is 0 Å². The Morgan fingerprint density at radius 1 is 1.35 bits per heavy atom. The Kier molecular flexibility index (Phi) is 3.20. The zero-order chi connectivity index (χ0) is 12.5. The molecule has 3 nitrogen and oxygen atoms in total. The van der Waals surface area contributed by atoms with Gasteiger partial charge in [-0.25, -0.2) is 0 Å². The van der Waals surface area contributed by atoms with E-state index < -0.39 is 0 Å². The molecule has 0 aliphatic carbocycles. The van der Waals surface area contributed by atoms with E-state index in [4.69, 9.17) is 5.73 Å². The van der Waals surface area contributed by atoms with E-state index in [0.29, 0.717) is 13.0 Å². The van der Waals surface area contributed by atoms with Gasteiger partial charge < -0.3 is 11.1 Å². The second-order valence-electron chi connectivity index (χ2n) is 5.58. The van der Waals surface area contributed by atoms with Crippen LogP contribution in [-0.2, 0) is 17.6 Å². The Bertz CT molecular complexity index is 438. The van der Waals surface area contributed by atoms with Crippen molar-refractivity contribution in [3.8, 4) is 0 Å². The summed E-state index contributed by atoms with van der Waals surface area (Å²) >= 11 is 0.